The predicted octanol–water partition coefficient (Wildman–Crippen LogP) is 0.461. The highest BCUT2D eigenvalue weighted by Gasteiger charge is 2.48. The monoisotopic (exact) mass is 234 g/mol. The molecule has 1 aliphatic carbocycles. The van der Waals surface area contributed by atoms with Gasteiger partial charge in [0.2, 0.25) is 5.91 Å². The van der Waals surface area contributed by atoms with E-state index < -0.39 is 11.9 Å². The maximum absolute atomic E-state index is 11.5. The van der Waals surface area contributed by atoms with Gasteiger partial charge >= 0.3 is 5.97 Å². The number of nitrogens with one attached hydrogen (secondary N) is 1. The standard InChI is InChI=1S/C12H14N2O3/c15-11(9-6-10(9)12(16)17)14-5-3-8-2-1-4-13-7-8/h1-2,4,7,9-10H,3,5-6H2,(H,14,15)(H,16,17)/t9-,10+/m1/s1. The van der Waals surface area contributed by atoms with Crippen molar-refractivity contribution in [3.63, 3.8) is 0 Å². The minimum atomic E-state index is -0.877. The number of aliphatic carboxylic acids is 1. The van der Waals surface area contributed by atoms with Gasteiger partial charge < -0.3 is 10.4 Å². The Kier molecular flexibility index (Phi) is 3.37. The molecule has 1 fully saturated rings. The average molecular weight is 234 g/mol. The van der Waals surface area contributed by atoms with Crippen molar-refractivity contribution in [2.75, 3.05) is 6.54 Å². The van der Waals surface area contributed by atoms with Gasteiger partial charge in [0, 0.05) is 18.9 Å². The SMILES string of the molecule is O=C(O)[C@H]1C[C@H]1C(=O)NCCc1cccnc1. The van der Waals surface area contributed by atoms with Crippen LogP contribution in [0.5, 0.6) is 0 Å². The lowest BCUT2D eigenvalue weighted by atomic mass is 10.2. The van der Waals surface area contributed by atoms with Crippen molar-refractivity contribution in [2.45, 2.75) is 12.8 Å². The van der Waals surface area contributed by atoms with E-state index in [4.69, 9.17) is 5.11 Å². The second kappa shape index (κ2) is 4.95. The summed E-state index contributed by atoms with van der Waals surface area (Å²) in [5.74, 6) is -1.84. The van der Waals surface area contributed by atoms with E-state index in [0.29, 0.717) is 19.4 Å². The number of amides is 1. The zero-order chi connectivity index (χ0) is 12.3. The van der Waals surface area contributed by atoms with Gasteiger partial charge in [-0.25, -0.2) is 0 Å². The normalized spacial score (nSPS) is 21.9. The molecule has 17 heavy (non-hydrogen) atoms. The lowest BCUT2D eigenvalue weighted by Gasteiger charge is -2.03. The van der Waals surface area contributed by atoms with Gasteiger partial charge in [-0.15, -0.1) is 0 Å². The summed E-state index contributed by atoms with van der Waals surface area (Å²) < 4.78 is 0. The maximum atomic E-state index is 11.5. The molecule has 2 rings (SSSR count). The summed E-state index contributed by atoms with van der Waals surface area (Å²) in [4.78, 5) is 26.1. The molecule has 2 atom stereocenters. The molecule has 0 aliphatic heterocycles. The van der Waals surface area contributed by atoms with Gasteiger partial charge in [-0.05, 0) is 24.5 Å². The molecule has 1 amide bonds. The van der Waals surface area contributed by atoms with E-state index in [-0.39, 0.29) is 11.8 Å². The van der Waals surface area contributed by atoms with Crippen LogP contribution in [0.3, 0.4) is 0 Å². The fourth-order valence-corrected chi connectivity index (χ4v) is 1.76. The molecule has 1 aromatic rings. The summed E-state index contributed by atoms with van der Waals surface area (Å²) in [7, 11) is 0. The number of carboxylic acids is 1. The molecule has 1 aromatic heterocycles. The molecule has 0 saturated heterocycles. The van der Waals surface area contributed by atoms with Crippen molar-refractivity contribution in [1.29, 1.82) is 0 Å². The van der Waals surface area contributed by atoms with Gasteiger partial charge in [-0.1, -0.05) is 6.07 Å². The number of hydrogen-bond acceptors (Lipinski definition) is 3. The van der Waals surface area contributed by atoms with Gasteiger partial charge in [0.1, 0.15) is 0 Å². The Morgan fingerprint density at radius 1 is 1.47 bits per heavy atom. The van der Waals surface area contributed by atoms with Gasteiger partial charge in [0.15, 0.2) is 0 Å². The molecule has 5 heteroatoms. The van der Waals surface area contributed by atoms with Gasteiger partial charge in [0.05, 0.1) is 11.8 Å². The quantitative estimate of drug-likeness (QED) is 0.775. The topological polar surface area (TPSA) is 79.3 Å². The molecule has 0 aromatic carbocycles. The van der Waals surface area contributed by atoms with E-state index in [1.54, 1.807) is 12.4 Å². The minimum absolute atomic E-state index is 0.152. The molecule has 1 saturated carbocycles. The molecular weight excluding hydrogens is 220 g/mol. The van der Waals surface area contributed by atoms with Gasteiger partial charge in [-0.3, -0.25) is 14.6 Å². The Labute approximate surface area is 98.9 Å². The summed E-state index contributed by atoms with van der Waals surface area (Å²) in [6.45, 7) is 0.521. The molecule has 0 bridgehead atoms. The Balaban J connectivity index is 1.70. The van der Waals surface area contributed by atoms with E-state index in [2.05, 4.69) is 10.3 Å². The van der Waals surface area contributed by atoms with Crippen LogP contribution < -0.4 is 5.32 Å². The lowest BCUT2D eigenvalue weighted by molar-refractivity contribution is -0.140. The Morgan fingerprint density at radius 3 is 2.88 bits per heavy atom. The van der Waals surface area contributed by atoms with Crippen molar-refractivity contribution in [3.8, 4) is 0 Å². The molecule has 90 valence electrons. The number of carbonyl (C=O) groups excluding carboxylic acids is 1. The van der Waals surface area contributed by atoms with Crippen molar-refractivity contribution in [1.82, 2.24) is 10.3 Å². The van der Waals surface area contributed by atoms with Crippen molar-refractivity contribution in [3.05, 3.63) is 30.1 Å². The molecule has 5 nitrogen and oxygen atoms in total. The summed E-state index contributed by atoms with van der Waals surface area (Å²) in [5, 5.41) is 11.4. The molecule has 0 radical (unpaired) electrons. The molecule has 1 heterocycles. The number of pyridine rings is 1. The van der Waals surface area contributed by atoms with Crippen LogP contribution in [0.2, 0.25) is 0 Å². The summed E-state index contributed by atoms with van der Waals surface area (Å²) in [6.07, 6.45) is 4.63. The van der Waals surface area contributed by atoms with Crippen LogP contribution in [0.1, 0.15) is 12.0 Å². The van der Waals surface area contributed by atoms with Gasteiger partial charge in [0.25, 0.3) is 0 Å². The van der Waals surface area contributed by atoms with E-state index >= 15 is 0 Å². The first-order chi connectivity index (χ1) is 8.18. The highest BCUT2D eigenvalue weighted by atomic mass is 16.4. The Hall–Kier alpha value is -1.91. The smallest absolute Gasteiger partial charge is 0.307 e. The first-order valence-electron chi connectivity index (χ1n) is 5.58. The zero-order valence-electron chi connectivity index (χ0n) is 9.30. The summed E-state index contributed by atoms with van der Waals surface area (Å²) in [6, 6.07) is 3.79. The van der Waals surface area contributed by atoms with Crippen LogP contribution >= 0.6 is 0 Å². The van der Waals surface area contributed by atoms with E-state index in [1.165, 1.54) is 0 Å². The number of hydrogen-bond donors (Lipinski definition) is 2. The molecule has 2 N–H and O–H groups in total. The molecular formula is C12H14N2O3. The van der Waals surface area contributed by atoms with E-state index in [0.717, 1.165) is 5.56 Å². The van der Waals surface area contributed by atoms with E-state index in [1.807, 2.05) is 12.1 Å². The molecule has 0 unspecified atom stereocenters. The van der Waals surface area contributed by atoms with E-state index in [9.17, 15) is 9.59 Å². The number of carbonyl (C=O) groups is 2. The van der Waals surface area contributed by atoms with Crippen LogP contribution in [-0.2, 0) is 16.0 Å². The van der Waals surface area contributed by atoms with Crippen molar-refractivity contribution in [2.24, 2.45) is 11.8 Å². The second-order valence-electron chi connectivity index (χ2n) is 4.19. The highest BCUT2D eigenvalue weighted by molar-refractivity contribution is 5.89. The largest absolute Gasteiger partial charge is 0.481 e. The Bertz CT molecular complexity index is 419. The summed E-state index contributed by atoms with van der Waals surface area (Å²) >= 11 is 0. The number of rotatable bonds is 5. The maximum Gasteiger partial charge on any atom is 0.307 e. The molecule has 1 aliphatic rings. The predicted molar refractivity (Wildman–Crippen MR) is 60.2 cm³/mol. The third kappa shape index (κ3) is 3.03. The zero-order valence-corrected chi connectivity index (χ0v) is 9.30. The van der Waals surface area contributed by atoms with Gasteiger partial charge in [-0.2, -0.15) is 0 Å². The Morgan fingerprint density at radius 2 is 2.29 bits per heavy atom. The number of aromatic nitrogens is 1. The fraction of sp³-hybridized carbons (Fsp3) is 0.417. The average Bonchev–Trinajstić information content (AvgIpc) is 3.10. The first kappa shape index (κ1) is 11.6. The third-order valence-corrected chi connectivity index (χ3v) is 2.88. The third-order valence-electron chi connectivity index (χ3n) is 2.88. The minimum Gasteiger partial charge on any atom is -0.481 e. The van der Waals surface area contributed by atoms with Crippen molar-refractivity contribution < 1.29 is 14.7 Å². The van der Waals surface area contributed by atoms with Crippen LogP contribution in [0, 0.1) is 11.8 Å². The number of carboxylic acid groups (broad SMARTS) is 1. The van der Waals surface area contributed by atoms with Crippen LogP contribution in [0.4, 0.5) is 0 Å². The highest BCUT2D eigenvalue weighted by Crippen LogP contribution is 2.38. The molecule has 0 spiro atoms. The van der Waals surface area contributed by atoms with Crippen LogP contribution in [0.25, 0.3) is 0 Å². The fourth-order valence-electron chi connectivity index (χ4n) is 1.76. The first-order valence-corrected chi connectivity index (χ1v) is 5.58. The second-order valence-corrected chi connectivity index (χ2v) is 4.19. The summed E-state index contributed by atoms with van der Waals surface area (Å²) in [5.41, 5.74) is 1.05. The van der Waals surface area contributed by atoms with Crippen LogP contribution in [-0.4, -0.2) is 28.5 Å². The van der Waals surface area contributed by atoms with Crippen molar-refractivity contribution >= 4 is 11.9 Å². The number of nitrogens with zero attached hydrogens (tertiary/aromatic N) is 1. The lowest BCUT2D eigenvalue weighted by Crippen LogP contribution is -2.28. The van der Waals surface area contributed by atoms with Crippen LogP contribution in [0.15, 0.2) is 24.5 Å².